The molecule has 2 aliphatic rings. The summed E-state index contributed by atoms with van der Waals surface area (Å²) >= 11 is 0. The van der Waals surface area contributed by atoms with Gasteiger partial charge in [0.1, 0.15) is 0 Å². The van der Waals surface area contributed by atoms with Gasteiger partial charge in [-0.05, 0) is 61.1 Å². The monoisotopic (exact) mass is 263 g/mol. The number of ether oxygens (including phenoxy) is 1. The predicted molar refractivity (Wildman–Crippen MR) is 73.6 cm³/mol. The summed E-state index contributed by atoms with van der Waals surface area (Å²) in [6.45, 7) is 0.671. The number of halogens is 1. The highest BCUT2D eigenvalue weighted by molar-refractivity contribution is 5.32. The maximum absolute atomic E-state index is 14.3. The van der Waals surface area contributed by atoms with E-state index in [1.165, 1.54) is 32.8 Å². The van der Waals surface area contributed by atoms with Crippen molar-refractivity contribution in [2.75, 3.05) is 13.7 Å². The van der Waals surface area contributed by atoms with Gasteiger partial charge in [-0.3, -0.25) is 0 Å². The summed E-state index contributed by atoms with van der Waals surface area (Å²) < 4.78 is 19.4. The Labute approximate surface area is 114 Å². The second kappa shape index (κ2) is 4.78. The highest BCUT2D eigenvalue weighted by atomic mass is 19.1. The van der Waals surface area contributed by atoms with E-state index in [0.717, 1.165) is 17.9 Å². The molecule has 2 bridgehead atoms. The fourth-order valence-electron chi connectivity index (χ4n) is 4.33. The van der Waals surface area contributed by atoms with Crippen LogP contribution in [-0.4, -0.2) is 13.7 Å². The summed E-state index contributed by atoms with van der Waals surface area (Å²) in [6, 6.07) is 5.42. The second-order valence-electron chi connectivity index (χ2n) is 6.26. The topological polar surface area (TPSA) is 35.2 Å². The minimum atomic E-state index is -0.208. The zero-order valence-electron chi connectivity index (χ0n) is 11.5. The molecule has 0 amide bonds. The van der Waals surface area contributed by atoms with Crippen molar-refractivity contribution in [2.24, 2.45) is 23.0 Å². The average molecular weight is 263 g/mol. The molecule has 3 atom stereocenters. The molecule has 3 heteroatoms. The number of nitrogens with two attached hydrogens (primary N) is 1. The van der Waals surface area contributed by atoms with Crippen LogP contribution >= 0.6 is 0 Å². The summed E-state index contributed by atoms with van der Waals surface area (Å²) in [7, 11) is 1.51. The lowest BCUT2D eigenvalue weighted by Crippen LogP contribution is -2.38. The Kier molecular flexibility index (Phi) is 3.25. The Morgan fingerprint density at radius 1 is 1.42 bits per heavy atom. The third kappa shape index (κ3) is 2.04. The van der Waals surface area contributed by atoms with E-state index in [4.69, 9.17) is 10.5 Å². The molecule has 1 aromatic carbocycles. The fourth-order valence-corrected chi connectivity index (χ4v) is 4.33. The van der Waals surface area contributed by atoms with Crippen molar-refractivity contribution < 1.29 is 9.13 Å². The number of hydrogen-bond donors (Lipinski definition) is 1. The van der Waals surface area contributed by atoms with Crippen molar-refractivity contribution in [3.8, 4) is 5.75 Å². The molecule has 3 rings (SSSR count). The van der Waals surface area contributed by atoms with Crippen molar-refractivity contribution in [1.29, 1.82) is 0 Å². The molecule has 2 fully saturated rings. The van der Waals surface area contributed by atoms with Gasteiger partial charge in [-0.25, -0.2) is 4.39 Å². The molecule has 19 heavy (non-hydrogen) atoms. The summed E-state index contributed by atoms with van der Waals surface area (Å²) in [5.74, 6) is 1.64. The first-order valence-electron chi connectivity index (χ1n) is 7.20. The average Bonchev–Trinajstić information content (AvgIpc) is 3.02. The smallest absolute Gasteiger partial charge is 0.168 e. The van der Waals surface area contributed by atoms with Gasteiger partial charge < -0.3 is 10.5 Å². The Bertz CT molecular complexity index is 476. The normalized spacial score (nSPS) is 32.8. The zero-order chi connectivity index (χ0) is 13.5. The molecule has 0 saturated heterocycles. The largest absolute Gasteiger partial charge is 0.494 e. The molecule has 2 N–H and O–H groups in total. The first-order chi connectivity index (χ1) is 9.18. The van der Waals surface area contributed by atoms with Gasteiger partial charge in [0.05, 0.1) is 7.11 Å². The van der Waals surface area contributed by atoms with Crippen molar-refractivity contribution in [3.05, 3.63) is 29.6 Å². The molecule has 2 saturated carbocycles. The molecule has 1 aromatic rings. The van der Waals surface area contributed by atoms with Crippen molar-refractivity contribution >= 4 is 0 Å². The minimum Gasteiger partial charge on any atom is -0.494 e. The molecular formula is C16H22FNO. The van der Waals surface area contributed by atoms with Crippen molar-refractivity contribution in [2.45, 2.75) is 32.1 Å². The van der Waals surface area contributed by atoms with Gasteiger partial charge in [-0.2, -0.15) is 0 Å². The molecule has 0 spiro atoms. The maximum atomic E-state index is 14.3. The SMILES string of the molecule is COc1cccc(CC2(CN)CC3CCC2C3)c1F. The summed E-state index contributed by atoms with van der Waals surface area (Å²) in [5, 5.41) is 0. The number of hydrogen-bond acceptors (Lipinski definition) is 2. The van der Waals surface area contributed by atoms with Crippen molar-refractivity contribution in [1.82, 2.24) is 0 Å². The number of fused-ring (bicyclic) bond motifs is 2. The van der Waals surface area contributed by atoms with Crippen LogP contribution in [0.1, 0.15) is 31.2 Å². The van der Waals surface area contributed by atoms with E-state index < -0.39 is 0 Å². The zero-order valence-corrected chi connectivity index (χ0v) is 11.5. The Morgan fingerprint density at radius 3 is 2.84 bits per heavy atom. The molecule has 0 aliphatic heterocycles. The van der Waals surface area contributed by atoms with Crippen LogP contribution in [0.2, 0.25) is 0 Å². The lowest BCUT2D eigenvalue weighted by Gasteiger charge is -2.37. The summed E-state index contributed by atoms with van der Waals surface area (Å²) in [5.41, 5.74) is 6.95. The molecule has 2 nitrogen and oxygen atoms in total. The first kappa shape index (κ1) is 12.9. The highest BCUT2D eigenvalue weighted by Crippen LogP contribution is 2.57. The molecular weight excluding hydrogens is 241 g/mol. The van der Waals surface area contributed by atoms with Crippen LogP contribution in [0, 0.1) is 23.1 Å². The summed E-state index contributed by atoms with van der Waals surface area (Å²) in [4.78, 5) is 0. The van der Waals surface area contributed by atoms with E-state index in [1.807, 2.05) is 12.1 Å². The lowest BCUT2D eigenvalue weighted by atomic mass is 9.69. The van der Waals surface area contributed by atoms with Crippen LogP contribution in [0.4, 0.5) is 4.39 Å². The fraction of sp³-hybridized carbons (Fsp3) is 0.625. The Hall–Kier alpha value is -1.09. The van der Waals surface area contributed by atoms with E-state index in [9.17, 15) is 4.39 Å². The van der Waals surface area contributed by atoms with Crippen LogP contribution in [0.3, 0.4) is 0 Å². The molecule has 0 radical (unpaired) electrons. The highest BCUT2D eigenvalue weighted by Gasteiger charge is 2.50. The van der Waals surface area contributed by atoms with Crippen LogP contribution in [0.5, 0.6) is 5.75 Å². The van der Waals surface area contributed by atoms with Gasteiger partial charge in [0.25, 0.3) is 0 Å². The number of methoxy groups -OCH3 is 1. The van der Waals surface area contributed by atoms with Gasteiger partial charge in [0.15, 0.2) is 11.6 Å². The van der Waals surface area contributed by atoms with E-state index in [2.05, 4.69) is 0 Å². The minimum absolute atomic E-state index is 0.121. The van der Waals surface area contributed by atoms with E-state index in [0.29, 0.717) is 18.2 Å². The lowest BCUT2D eigenvalue weighted by molar-refractivity contribution is 0.169. The standard InChI is InChI=1S/C16H22FNO/c1-19-14-4-2-3-12(15(14)17)9-16(10-18)8-11-5-6-13(16)7-11/h2-4,11,13H,5-10,18H2,1H3. The van der Waals surface area contributed by atoms with Crippen molar-refractivity contribution in [3.63, 3.8) is 0 Å². The molecule has 0 aromatic heterocycles. The Balaban J connectivity index is 1.88. The molecule has 2 aliphatic carbocycles. The number of benzene rings is 1. The van der Waals surface area contributed by atoms with Crippen LogP contribution in [0.25, 0.3) is 0 Å². The van der Waals surface area contributed by atoms with E-state index in [1.54, 1.807) is 6.07 Å². The van der Waals surface area contributed by atoms with Crippen LogP contribution in [-0.2, 0) is 6.42 Å². The molecule has 0 heterocycles. The van der Waals surface area contributed by atoms with Crippen LogP contribution < -0.4 is 10.5 Å². The first-order valence-corrected chi connectivity index (χ1v) is 7.20. The quantitative estimate of drug-likeness (QED) is 0.905. The van der Waals surface area contributed by atoms with E-state index >= 15 is 0 Å². The predicted octanol–water partition coefficient (Wildman–Crippen LogP) is 3.14. The van der Waals surface area contributed by atoms with E-state index in [-0.39, 0.29) is 11.2 Å². The molecule has 3 unspecified atom stereocenters. The summed E-state index contributed by atoms with van der Waals surface area (Å²) in [6.07, 6.45) is 5.84. The van der Waals surface area contributed by atoms with Gasteiger partial charge in [0.2, 0.25) is 0 Å². The van der Waals surface area contributed by atoms with Crippen LogP contribution in [0.15, 0.2) is 18.2 Å². The number of rotatable bonds is 4. The van der Waals surface area contributed by atoms with Gasteiger partial charge in [0, 0.05) is 0 Å². The third-order valence-corrected chi connectivity index (χ3v) is 5.31. The van der Waals surface area contributed by atoms with Gasteiger partial charge in [-0.15, -0.1) is 0 Å². The van der Waals surface area contributed by atoms with Gasteiger partial charge >= 0.3 is 0 Å². The maximum Gasteiger partial charge on any atom is 0.168 e. The van der Waals surface area contributed by atoms with Gasteiger partial charge in [-0.1, -0.05) is 18.6 Å². The Morgan fingerprint density at radius 2 is 2.26 bits per heavy atom. The second-order valence-corrected chi connectivity index (χ2v) is 6.26. The molecule has 104 valence electrons. The third-order valence-electron chi connectivity index (χ3n) is 5.31.